The van der Waals surface area contributed by atoms with Gasteiger partial charge in [0.1, 0.15) is 0 Å². The van der Waals surface area contributed by atoms with E-state index in [-0.39, 0.29) is 12.1 Å². The van der Waals surface area contributed by atoms with Crippen LogP contribution >= 0.6 is 11.3 Å². The van der Waals surface area contributed by atoms with Gasteiger partial charge in [-0.1, -0.05) is 12.1 Å². The van der Waals surface area contributed by atoms with Crippen LogP contribution < -0.4 is 0 Å². The Bertz CT molecular complexity index is 841. The second-order valence-corrected chi connectivity index (χ2v) is 6.00. The summed E-state index contributed by atoms with van der Waals surface area (Å²) in [5, 5.41) is 2.31. The highest BCUT2D eigenvalue weighted by Crippen LogP contribution is 2.40. The van der Waals surface area contributed by atoms with Crippen LogP contribution in [0.1, 0.15) is 16.7 Å². The number of pyridine rings is 1. The van der Waals surface area contributed by atoms with Crippen molar-refractivity contribution in [1.82, 2.24) is 4.98 Å². The predicted molar refractivity (Wildman–Crippen MR) is 85.2 cm³/mol. The molecule has 0 unspecified atom stereocenters. The fraction of sp³-hybridized carbons (Fsp3) is 0.176. The molecule has 0 atom stereocenters. The molecule has 0 bridgehead atoms. The van der Waals surface area contributed by atoms with Crippen molar-refractivity contribution >= 4 is 22.2 Å². The molecule has 0 saturated carbocycles. The SMILES string of the molecule is [CH2]c1c(COC)cnc2c(C(F)(F)F)ccc(-c3cccs3)c12. The first kappa shape index (κ1) is 16.0. The molecule has 2 aromatic heterocycles. The standard InChI is InChI=1S/C17H13F3NOS/c1-10-11(9-22-2)8-21-16-13(17(18,19)20)6-5-12(15(10)16)14-4-3-7-23-14/h3-8H,1,9H2,2H3. The number of ether oxygens (including phenoxy) is 1. The van der Waals surface area contributed by atoms with E-state index in [9.17, 15) is 13.2 Å². The molecule has 23 heavy (non-hydrogen) atoms. The molecule has 3 rings (SSSR count). The minimum atomic E-state index is -4.46. The minimum absolute atomic E-state index is 0.0757. The van der Waals surface area contributed by atoms with Crippen LogP contribution in [0.25, 0.3) is 21.3 Å². The van der Waals surface area contributed by atoms with E-state index in [4.69, 9.17) is 4.74 Å². The van der Waals surface area contributed by atoms with Crippen molar-refractivity contribution in [3.8, 4) is 10.4 Å². The van der Waals surface area contributed by atoms with Crippen molar-refractivity contribution in [1.29, 1.82) is 0 Å². The van der Waals surface area contributed by atoms with Crippen molar-refractivity contribution < 1.29 is 17.9 Å². The Morgan fingerprint density at radius 2 is 2.04 bits per heavy atom. The number of fused-ring (bicyclic) bond motifs is 1. The number of hydrogen-bond acceptors (Lipinski definition) is 3. The molecule has 0 N–H and O–H groups in total. The summed E-state index contributed by atoms with van der Waals surface area (Å²) in [6.07, 6.45) is -3.06. The van der Waals surface area contributed by atoms with Crippen LogP contribution in [0.15, 0.2) is 35.8 Å². The molecular weight excluding hydrogens is 323 g/mol. The van der Waals surface area contributed by atoms with Gasteiger partial charge in [-0.3, -0.25) is 4.98 Å². The number of methoxy groups -OCH3 is 1. The van der Waals surface area contributed by atoms with Crippen LogP contribution in [0, 0.1) is 6.92 Å². The molecule has 1 radical (unpaired) electrons. The van der Waals surface area contributed by atoms with Crippen molar-refractivity contribution in [2.75, 3.05) is 7.11 Å². The molecule has 0 fully saturated rings. The lowest BCUT2D eigenvalue weighted by Gasteiger charge is -2.16. The molecule has 2 heterocycles. The van der Waals surface area contributed by atoms with E-state index in [0.29, 0.717) is 22.1 Å². The van der Waals surface area contributed by atoms with Gasteiger partial charge in [-0.05, 0) is 35.6 Å². The maximum absolute atomic E-state index is 13.3. The predicted octanol–water partition coefficient (Wildman–Crippen LogP) is 5.31. The van der Waals surface area contributed by atoms with Crippen molar-refractivity contribution in [2.45, 2.75) is 12.8 Å². The molecule has 2 nitrogen and oxygen atoms in total. The van der Waals surface area contributed by atoms with E-state index in [2.05, 4.69) is 11.9 Å². The summed E-state index contributed by atoms with van der Waals surface area (Å²) in [5.41, 5.74) is 1.08. The molecule has 1 aromatic carbocycles. The lowest BCUT2D eigenvalue weighted by Crippen LogP contribution is -2.08. The third-order valence-corrected chi connectivity index (χ3v) is 4.51. The Labute approximate surface area is 135 Å². The van der Waals surface area contributed by atoms with Gasteiger partial charge in [0.15, 0.2) is 0 Å². The Morgan fingerprint density at radius 1 is 1.26 bits per heavy atom. The van der Waals surface area contributed by atoms with Gasteiger partial charge in [-0.2, -0.15) is 13.2 Å². The zero-order chi connectivity index (χ0) is 16.6. The fourth-order valence-corrected chi connectivity index (χ4v) is 3.32. The van der Waals surface area contributed by atoms with Gasteiger partial charge >= 0.3 is 6.18 Å². The highest BCUT2D eigenvalue weighted by Gasteiger charge is 2.34. The van der Waals surface area contributed by atoms with E-state index in [1.165, 1.54) is 30.7 Å². The number of aromatic nitrogens is 1. The van der Waals surface area contributed by atoms with E-state index in [1.807, 2.05) is 17.5 Å². The number of alkyl halides is 3. The van der Waals surface area contributed by atoms with Crippen LogP contribution in [0.2, 0.25) is 0 Å². The first-order valence-corrected chi connectivity index (χ1v) is 7.68. The lowest BCUT2D eigenvalue weighted by atomic mass is 9.96. The summed E-state index contributed by atoms with van der Waals surface area (Å²) >= 11 is 1.46. The van der Waals surface area contributed by atoms with E-state index in [1.54, 1.807) is 0 Å². The van der Waals surface area contributed by atoms with Crippen LogP contribution in [0.5, 0.6) is 0 Å². The van der Waals surface area contributed by atoms with E-state index in [0.717, 1.165) is 10.9 Å². The fourth-order valence-electron chi connectivity index (χ4n) is 2.56. The molecule has 0 saturated heterocycles. The third-order valence-electron chi connectivity index (χ3n) is 3.61. The summed E-state index contributed by atoms with van der Waals surface area (Å²) in [6, 6.07) is 6.30. The molecular formula is C17H13F3NOS. The molecule has 119 valence electrons. The van der Waals surface area contributed by atoms with Crippen molar-refractivity contribution in [2.24, 2.45) is 0 Å². The topological polar surface area (TPSA) is 22.1 Å². The summed E-state index contributed by atoms with van der Waals surface area (Å²) < 4.78 is 45.0. The number of benzene rings is 1. The molecule has 0 aliphatic rings. The molecule has 0 spiro atoms. The Balaban J connectivity index is 2.39. The quantitative estimate of drug-likeness (QED) is 0.646. The Kier molecular flexibility index (Phi) is 4.12. The summed E-state index contributed by atoms with van der Waals surface area (Å²) in [4.78, 5) is 4.94. The number of nitrogens with zero attached hydrogens (tertiary/aromatic N) is 1. The highest BCUT2D eigenvalue weighted by molar-refractivity contribution is 7.13. The monoisotopic (exact) mass is 336 g/mol. The molecule has 0 amide bonds. The van der Waals surface area contributed by atoms with E-state index < -0.39 is 11.7 Å². The smallest absolute Gasteiger partial charge is 0.380 e. The van der Waals surface area contributed by atoms with Gasteiger partial charge in [-0.25, -0.2) is 0 Å². The van der Waals surface area contributed by atoms with Gasteiger partial charge in [0.2, 0.25) is 0 Å². The molecule has 0 aliphatic heterocycles. The van der Waals surface area contributed by atoms with Gasteiger partial charge in [-0.15, -0.1) is 11.3 Å². The lowest BCUT2D eigenvalue weighted by molar-refractivity contribution is -0.136. The first-order valence-electron chi connectivity index (χ1n) is 6.80. The van der Waals surface area contributed by atoms with Gasteiger partial charge < -0.3 is 4.74 Å². The van der Waals surface area contributed by atoms with Crippen LogP contribution in [-0.4, -0.2) is 12.1 Å². The molecule has 6 heteroatoms. The second kappa shape index (κ2) is 5.94. The second-order valence-electron chi connectivity index (χ2n) is 5.05. The maximum Gasteiger partial charge on any atom is 0.418 e. The number of rotatable bonds is 3. The van der Waals surface area contributed by atoms with Crippen molar-refractivity contribution in [3.05, 3.63) is 59.5 Å². The number of hydrogen-bond donors (Lipinski definition) is 0. The molecule has 0 aliphatic carbocycles. The first-order chi connectivity index (χ1) is 10.9. The summed E-state index contributed by atoms with van der Waals surface area (Å²) in [5.74, 6) is 0. The van der Waals surface area contributed by atoms with Gasteiger partial charge in [0, 0.05) is 29.1 Å². The van der Waals surface area contributed by atoms with E-state index >= 15 is 0 Å². The summed E-state index contributed by atoms with van der Waals surface area (Å²) in [6.45, 7) is 4.23. The van der Waals surface area contributed by atoms with Crippen molar-refractivity contribution in [3.63, 3.8) is 0 Å². The largest absolute Gasteiger partial charge is 0.418 e. The summed E-state index contributed by atoms with van der Waals surface area (Å²) in [7, 11) is 1.52. The van der Waals surface area contributed by atoms with Crippen LogP contribution in [-0.2, 0) is 17.5 Å². The number of thiophene rings is 1. The highest BCUT2D eigenvalue weighted by atomic mass is 32.1. The number of halogens is 3. The molecule has 3 aromatic rings. The third kappa shape index (κ3) is 2.84. The Hall–Kier alpha value is -1.92. The minimum Gasteiger partial charge on any atom is -0.380 e. The Morgan fingerprint density at radius 3 is 2.65 bits per heavy atom. The zero-order valence-electron chi connectivity index (χ0n) is 12.3. The van der Waals surface area contributed by atoms with Crippen LogP contribution in [0.3, 0.4) is 0 Å². The normalized spacial score (nSPS) is 12.0. The van der Waals surface area contributed by atoms with Gasteiger partial charge in [0.05, 0.1) is 17.7 Å². The average molecular weight is 336 g/mol. The maximum atomic E-state index is 13.3. The average Bonchev–Trinajstić information content (AvgIpc) is 3.02. The zero-order valence-corrected chi connectivity index (χ0v) is 13.1. The van der Waals surface area contributed by atoms with Gasteiger partial charge in [0.25, 0.3) is 0 Å². The van der Waals surface area contributed by atoms with Crippen LogP contribution in [0.4, 0.5) is 13.2 Å².